The highest BCUT2D eigenvalue weighted by Crippen LogP contribution is 2.44. The van der Waals surface area contributed by atoms with Crippen LogP contribution in [0, 0.1) is 5.41 Å². The maximum Gasteiger partial charge on any atom is 0.274 e. The third-order valence-electron chi connectivity index (χ3n) is 4.58. The molecule has 1 aliphatic heterocycles. The van der Waals surface area contributed by atoms with Crippen molar-refractivity contribution in [3.8, 4) is 0 Å². The summed E-state index contributed by atoms with van der Waals surface area (Å²) in [6.07, 6.45) is 3.39. The highest BCUT2D eigenvalue weighted by atomic mass is 16.5. The average Bonchev–Trinajstić information content (AvgIpc) is 2.82. The number of nitrogens with one attached hydrogen (secondary N) is 1. The summed E-state index contributed by atoms with van der Waals surface area (Å²) in [4.78, 5) is 25.8. The number of rotatable bonds is 1. The van der Waals surface area contributed by atoms with Crippen LogP contribution in [-0.2, 0) is 17.6 Å². The highest BCUT2D eigenvalue weighted by molar-refractivity contribution is 5.94. The van der Waals surface area contributed by atoms with Gasteiger partial charge in [-0.05, 0) is 48.9 Å². The second kappa shape index (κ2) is 4.59. The largest absolute Gasteiger partial charge is 0.345 e. The zero-order valence-electron chi connectivity index (χ0n) is 11.5. The molecule has 1 aliphatic carbocycles. The van der Waals surface area contributed by atoms with Crippen LogP contribution in [0.1, 0.15) is 34.3 Å². The molecule has 1 heterocycles. The van der Waals surface area contributed by atoms with Gasteiger partial charge in [0.15, 0.2) is 0 Å². The van der Waals surface area contributed by atoms with Crippen LogP contribution in [0.5, 0.6) is 0 Å². The molecular formula is C15H18N2O3. The number of benzene rings is 1. The Kier molecular flexibility index (Phi) is 3.01. The summed E-state index contributed by atoms with van der Waals surface area (Å²) >= 11 is 0. The molecule has 1 aromatic rings. The number of fused-ring (bicyclic) bond motifs is 1. The van der Waals surface area contributed by atoms with Crippen molar-refractivity contribution in [2.24, 2.45) is 5.41 Å². The fourth-order valence-electron chi connectivity index (χ4n) is 3.56. The summed E-state index contributed by atoms with van der Waals surface area (Å²) in [5.74, 6) is -0.297. The SMILES string of the molecule is CN1CCC[C@@]2(Cc3ccc(C(=O)NO)cc3C2)C1=O. The molecule has 5 nitrogen and oxygen atoms in total. The Hall–Kier alpha value is -1.88. The minimum atomic E-state index is -0.513. The van der Waals surface area contributed by atoms with Crippen molar-refractivity contribution in [1.82, 2.24) is 10.4 Å². The van der Waals surface area contributed by atoms with Gasteiger partial charge in [-0.25, -0.2) is 5.48 Å². The second-order valence-corrected chi connectivity index (χ2v) is 5.89. The Balaban J connectivity index is 1.92. The van der Waals surface area contributed by atoms with Crippen LogP contribution in [0.2, 0.25) is 0 Å². The number of likely N-dealkylation sites (tertiary alicyclic amines) is 1. The van der Waals surface area contributed by atoms with E-state index < -0.39 is 5.91 Å². The molecule has 0 saturated carbocycles. The number of nitrogens with zero attached hydrogens (tertiary/aromatic N) is 1. The lowest BCUT2D eigenvalue weighted by molar-refractivity contribution is -0.144. The van der Waals surface area contributed by atoms with E-state index in [4.69, 9.17) is 5.21 Å². The number of carbonyl (C=O) groups is 2. The molecule has 1 fully saturated rings. The molecule has 0 bridgehead atoms. The van der Waals surface area contributed by atoms with Crippen molar-refractivity contribution >= 4 is 11.8 Å². The van der Waals surface area contributed by atoms with Gasteiger partial charge in [0.1, 0.15) is 0 Å². The Labute approximate surface area is 117 Å². The summed E-state index contributed by atoms with van der Waals surface area (Å²) < 4.78 is 0. The quantitative estimate of drug-likeness (QED) is 0.596. The van der Waals surface area contributed by atoms with E-state index in [9.17, 15) is 9.59 Å². The van der Waals surface area contributed by atoms with Gasteiger partial charge in [-0.15, -0.1) is 0 Å². The molecule has 0 unspecified atom stereocenters. The fourth-order valence-corrected chi connectivity index (χ4v) is 3.56. The van der Waals surface area contributed by atoms with Gasteiger partial charge in [0.05, 0.1) is 5.41 Å². The van der Waals surface area contributed by atoms with Crippen LogP contribution >= 0.6 is 0 Å². The van der Waals surface area contributed by atoms with Gasteiger partial charge >= 0.3 is 0 Å². The van der Waals surface area contributed by atoms with E-state index in [1.807, 2.05) is 18.0 Å². The number of amides is 2. The molecular weight excluding hydrogens is 256 g/mol. The van der Waals surface area contributed by atoms with Crippen molar-refractivity contribution in [2.75, 3.05) is 13.6 Å². The van der Waals surface area contributed by atoms with Crippen molar-refractivity contribution < 1.29 is 14.8 Å². The number of hydrogen-bond donors (Lipinski definition) is 2. The molecule has 1 saturated heterocycles. The average molecular weight is 274 g/mol. The van der Waals surface area contributed by atoms with Crippen LogP contribution in [0.25, 0.3) is 0 Å². The van der Waals surface area contributed by atoms with Crippen molar-refractivity contribution in [3.05, 3.63) is 34.9 Å². The molecule has 3 rings (SSSR count). The molecule has 106 valence electrons. The molecule has 2 aliphatic rings. The predicted molar refractivity (Wildman–Crippen MR) is 72.4 cm³/mol. The highest BCUT2D eigenvalue weighted by Gasteiger charge is 2.46. The number of piperidine rings is 1. The Morgan fingerprint density at radius 3 is 2.85 bits per heavy atom. The van der Waals surface area contributed by atoms with Crippen LogP contribution in [-0.4, -0.2) is 35.5 Å². The standard InChI is InChI=1S/C15H18N2O3/c1-17-6-2-5-15(14(17)19)8-11-4-3-10(13(18)16-20)7-12(11)9-15/h3-4,7,20H,2,5-6,8-9H2,1H3,(H,16,18)/t15-/m0/s1. The Morgan fingerprint density at radius 2 is 2.10 bits per heavy atom. The maximum atomic E-state index is 12.5. The van der Waals surface area contributed by atoms with E-state index >= 15 is 0 Å². The molecule has 2 amide bonds. The minimum absolute atomic E-state index is 0.216. The first kappa shape index (κ1) is 13.1. The van der Waals surface area contributed by atoms with E-state index in [2.05, 4.69) is 0 Å². The summed E-state index contributed by atoms with van der Waals surface area (Å²) in [5.41, 5.74) is 3.95. The zero-order chi connectivity index (χ0) is 14.3. The van der Waals surface area contributed by atoms with E-state index in [0.717, 1.165) is 36.9 Å². The summed E-state index contributed by atoms with van der Waals surface area (Å²) in [5, 5.41) is 8.70. The van der Waals surface area contributed by atoms with Gasteiger partial charge in [0.25, 0.3) is 5.91 Å². The van der Waals surface area contributed by atoms with Gasteiger partial charge in [-0.1, -0.05) is 6.07 Å². The topological polar surface area (TPSA) is 69.6 Å². The molecule has 1 spiro atoms. The summed E-state index contributed by atoms with van der Waals surface area (Å²) in [6, 6.07) is 5.38. The number of hydroxylamine groups is 1. The lowest BCUT2D eigenvalue weighted by atomic mass is 9.76. The summed E-state index contributed by atoms with van der Waals surface area (Å²) in [7, 11) is 1.86. The van der Waals surface area contributed by atoms with E-state index in [-0.39, 0.29) is 11.3 Å². The lowest BCUT2D eigenvalue weighted by Gasteiger charge is -2.37. The van der Waals surface area contributed by atoms with Crippen LogP contribution in [0.15, 0.2) is 18.2 Å². The second-order valence-electron chi connectivity index (χ2n) is 5.89. The molecule has 20 heavy (non-hydrogen) atoms. The van der Waals surface area contributed by atoms with Crippen LogP contribution < -0.4 is 5.48 Å². The Bertz CT molecular complexity index is 584. The van der Waals surface area contributed by atoms with Crippen LogP contribution in [0.3, 0.4) is 0 Å². The third kappa shape index (κ3) is 1.89. The van der Waals surface area contributed by atoms with E-state index in [1.54, 1.807) is 17.6 Å². The third-order valence-corrected chi connectivity index (χ3v) is 4.58. The molecule has 2 N–H and O–H groups in total. The van der Waals surface area contributed by atoms with Gasteiger partial charge in [0, 0.05) is 19.2 Å². The Morgan fingerprint density at radius 1 is 1.35 bits per heavy atom. The van der Waals surface area contributed by atoms with Gasteiger partial charge < -0.3 is 4.90 Å². The number of hydrogen-bond acceptors (Lipinski definition) is 3. The maximum absolute atomic E-state index is 12.5. The molecule has 0 aromatic heterocycles. The van der Waals surface area contributed by atoms with Gasteiger partial charge in [-0.2, -0.15) is 0 Å². The minimum Gasteiger partial charge on any atom is -0.345 e. The zero-order valence-corrected chi connectivity index (χ0v) is 11.5. The predicted octanol–water partition coefficient (Wildman–Crippen LogP) is 1.14. The molecule has 0 radical (unpaired) electrons. The van der Waals surface area contributed by atoms with Crippen LogP contribution in [0.4, 0.5) is 0 Å². The van der Waals surface area contributed by atoms with Crippen molar-refractivity contribution in [2.45, 2.75) is 25.7 Å². The summed E-state index contributed by atoms with van der Waals surface area (Å²) in [6.45, 7) is 0.828. The van der Waals surface area contributed by atoms with Crippen molar-refractivity contribution in [1.29, 1.82) is 0 Å². The molecule has 5 heteroatoms. The molecule has 1 aromatic carbocycles. The van der Waals surface area contributed by atoms with Crippen molar-refractivity contribution in [3.63, 3.8) is 0 Å². The normalized spacial score (nSPS) is 24.9. The van der Waals surface area contributed by atoms with E-state index in [0.29, 0.717) is 12.0 Å². The van der Waals surface area contributed by atoms with Gasteiger partial charge in [0.2, 0.25) is 5.91 Å². The fraction of sp³-hybridized carbons (Fsp3) is 0.467. The number of carbonyl (C=O) groups excluding carboxylic acids is 2. The van der Waals surface area contributed by atoms with Gasteiger partial charge in [-0.3, -0.25) is 14.8 Å². The molecule has 1 atom stereocenters. The first-order valence-electron chi connectivity index (χ1n) is 6.87. The smallest absolute Gasteiger partial charge is 0.274 e. The van der Waals surface area contributed by atoms with E-state index in [1.165, 1.54) is 0 Å². The lowest BCUT2D eigenvalue weighted by Crippen LogP contribution is -2.47. The first-order chi connectivity index (χ1) is 9.55. The monoisotopic (exact) mass is 274 g/mol. The first-order valence-corrected chi connectivity index (χ1v) is 6.87.